The van der Waals surface area contributed by atoms with Crippen molar-refractivity contribution in [2.45, 2.75) is 50.0 Å². The molecule has 3 rings (SSSR count). The van der Waals surface area contributed by atoms with Gasteiger partial charge in [-0.15, -0.1) is 0 Å². The minimum Gasteiger partial charge on any atom is -0.491 e. The molecule has 0 radical (unpaired) electrons. The van der Waals surface area contributed by atoms with E-state index >= 15 is 0 Å². The molecule has 2 aliphatic rings. The minimum atomic E-state index is -0.232. The van der Waals surface area contributed by atoms with Crippen LogP contribution < -0.4 is 4.74 Å². The van der Waals surface area contributed by atoms with Gasteiger partial charge in [0, 0.05) is 31.8 Å². The van der Waals surface area contributed by atoms with Crippen LogP contribution >= 0.6 is 0 Å². The topological polar surface area (TPSA) is 62.2 Å². The third-order valence-electron chi connectivity index (χ3n) is 5.37. The fourth-order valence-corrected chi connectivity index (χ4v) is 4.11. The lowest BCUT2D eigenvalue weighted by atomic mass is 9.79. The molecule has 1 saturated heterocycles. The highest BCUT2D eigenvalue weighted by atomic mass is 16.5. The number of methoxy groups -OCH3 is 1. The summed E-state index contributed by atoms with van der Waals surface area (Å²) in [7, 11) is 1.80. The van der Waals surface area contributed by atoms with Gasteiger partial charge in [0.25, 0.3) is 0 Å². The van der Waals surface area contributed by atoms with Crippen molar-refractivity contribution in [3.05, 3.63) is 29.8 Å². The van der Waals surface area contributed by atoms with Crippen LogP contribution in [0.5, 0.6) is 5.75 Å². The van der Waals surface area contributed by atoms with Crippen LogP contribution in [-0.4, -0.2) is 59.7 Å². The van der Waals surface area contributed by atoms with Crippen molar-refractivity contribution in [2.75, 3.05) is 26.9 Å². The molecular formula is C18H27NO4. The number of rotatable bonds is 6. The third-order valence-corrected chi connectivity index (χ3v) is 5.37. The number of para-hydroxylation sites is 1. The van der Waals surface area contributed by atoms with E-state index in [4.69, 9.17) is 14.6 Å². The molecule has 2 N–H and O–H groups in total. The molecule has 0 aromatic heterocycles. The number of hydrogen-bond donors (Lipinski definition) is 2. The van der Waals surface area contributed by atoms with E-state index in [1.165, 1.54) is 0 Å². The standard InChI is InChI=1S/C18H27NO4/c1-22-18-7-6-15(21)12-17(18)19(9-8-18)13-14-4-2-3-5-16(14)23-11-10-20/h2-5,15,17,20-21H,6-13H2,1H3/t15-,17+,18-/m1/s1. The van der Waals surface area contributed by atoms with Gasteiger partial charge in [0.1, 0.15) is 12.4 Å². The first kappa shape index (κ1) is 16.7. The van der Waals surface area contributed by atoms with E-state index in [1.807, 2.05) is 18.2 Å². The fraction of sp³-hybridized carbons (Fsp3) is 0.667. The summed E-state index contributed by atoms with van der Waals surface area (Å²) in [6.45, 7) is 2.07. The molecule has 1 saturated carbocycles. The highest BCUT2D eigenvalue weighted by Crippen LogP contribution is 2.43. The van der Waals surface area contributed by atoms with E-state index < -0.39 is 0 Å². The van der Waals surface area contributed by atoms with Crippen LogP contribution in [0.15, 0.2) is 24.3 Å². The van der Waals surface area contributed by atoms with Crippen molar-refractivity contribution < 1.29 is 19.7 Å². The van der Waals surface area contributed by atoms with Crippen molar-refractivity contribution in [3.8, 4) is 5.75 Å². The highest BCUT2D eigenvalue weighted by molar-refractivity contribution is 5.33. The number of ether oxygens (including phenoxy) is 2. The lowest BCUT2D eigenvalue weighted by Crippen LogP contribution is -2.51. The van der Waals surface area contributed by atoms with Gasteiger partial charge < -0.3 is 19.7 Å². The van der Waals surface area contributed by atoms with Crippen LogP contribution in [0.2, 0.25) is 0 Å². The lowest BCUT2D eigenvalue weighted by molar-refractivity contribution is -0.0880. The Hall–Kier alpha value is -1.14. The van der Waals surface area contributed by atoms with Crippen LogP contribution in [-0.2, 0) is 11.3 Å². The average molecular weight is 321 g/mol. The van der Waals surface area contributed by atoms with Crippen molar-refractivity contribution in [2.24, 2.45) is 0 Å². The predicted molar refractivity (Wildman–Crippen MR) is 87.4 cm³/mol. The monoisotopic (exact) mass is 321 g/mol. The van der Waals surface area contributed by atoms with Crippen LogP contribution in [0.1, 0.15) is 31.2 Å². The maximum absolute atomic E-state index is 10.1. The van der Waals surface area contributed by atoms with E-state index in [0.29, 0.717) is 6.61 Å². The van der Waals surface area contributed by atoms with Gasteiger partial charge in [0.2, 0.25) is 0 Å². The molecule has 0 amide bonds. The van der Waals surface area contributed by atoms with Gasteiger partial charge in [-0.1, -0.05) is 18.2 Å². The number of aliphatic hydroxyl groups is 2. The minimum absolute atomic E-state index is 0.0135. The summed E-state index contributed by atoms with van der Waals surface area (Å²) in [5.74, 6) is 0.827. The number of likely N-dealkylation sites (tertiary alicyclic amines) is 1. The third kappa shape index (κ3) is 3.38. The summed E-state index contributed by atoms with van der Waals surface area (Å²) in [6, 6.07) is 8.22. The van der Waals surface area contributed by atoms with Gasteiger partial charge in [0.15, 0.2) is 0 Å². The second-order valence-electron chi connectivity index (χ2n) is 6.61. The van der Waals surface area contributed by atoms with E-state index in [-0.39, 0.29) is 24.4 Å². The zero-order valence-electron chi connectivity index (χ0n) is 13.8. The van der Waals surface area contributed by atoms with Gasteiger partial charge in [-0.25, -0.2) is 0 Å². The van der Waals surface area contributed by atoms with Crippen molar-refractivity contribution in [3.63, 3.8) is 0 Å². The SMILES string of the molecule is CO[C@@]12CC[C@@H](O)C[C@@H]1N(Cc1ccccc1OCCO)CC2. The summed E-state index contributed by atoms with van der Waals surface area (Å²) < 4.78 is 11.5. The quantitative estimate of drug-likeness (QED) is 0.833. The molecule has 5 nitrogen and oxygen atoms in total. The Balaban J connectivity index is 1.75. The van der Waals surface area contributed by atoms with E-state index in [1.54, 1.807) is 7.11 Å². The Kier molecular flexibility index (Phi) is 5.21. The molecule has 1 aliphatic heterocycles. The van der Waals surface area contributed by atoms with Crippen LogP contribution in [0.3, 0.4) is 0 Å². The van der Waals surface area contributed by atoms with E-state index in [2.05, 4.69) is 11.0 Å². The molecule has 0 spiro atoms. The van der Waals surface area contributed by atoms with Gasteiger partial charge >= 0.3 is 0 Å². The molecule has 23 heavy (non-hydrogen) atoms. The second-order valence-corrected chi connectivity index (χ2v) is 6.61. The number of hydrogen-bond acceptors (Lipinski definition) is 5. The first-order valence-electron chi connectivity index (χ1n) is 8.47. The molecule has 1 aliphatic carbocycles. The molecule has 2 fully saturated rings. The molecule has 0 unspecified atom stereocenters. The molecule has 128 valence electrons. The van der Waals surface area contributed by atoms with Crippen LogP contribution in [0, 0.1) is 0 Å². The Bertz CT molecular complexity index is 523. The Morgan fingerprint density at radius 1 is 1.30 bits per heavy atom. The molecule has 1 aromatic carbocycles. The smallest absolute Gasteiger partial charge is 0.123 e. The summed E-state index contributed by atoms with van der Waals surface area (Å²) in [4.78, 5) is 2.41. The molecule has 5 heteroatoms. The van der Waals surface area contributed by atoms with Gasteiger partial charge in [0.05, 0.1) is 18.3 Å². The predicted octanol–water partition coefficient (Wildman–Crippen LogP) is 1.56. The Morgan fingerprint density at radius 3 is 2.91 bits per heavy atom. The summed E-state index contributed by atoms with van der Waals surface area (Å²) in [5, 5.41) is 19.1. The molecule has 1 aromatic rings. The highest BCUT2D eigenvalue weighted by Gasteiger charge is 2.50. The van der Waals surface area contributed by atoms with Crippen LogP contribution in [0.25, 0.3) is 0 Å². The Morgan fingerprint density at radius 2 is 2.13 bits per heavy atom. The summed E-state index contributed by atoms with van der Waals surface area (Å²) >= 11 is 0. The largest absolute Gasteiger partial charge is 0.491 e. The zero-order valence-corrected chi connectivity index (χ0v) is 13.8. The first-order chi connectivity index (χ1) is 11.2. The zero-order chi connectivity index (χ0) is 16.3. The van der Waals surface area contributed by atoms with Crippen molar-refractivity contribution >= 4 is 0 Å². The summed E-state index contributed by atoms with van der Waals surface area (Å²) in [5.41, 5.74) is 1.01. The fourth-order valence-electron chi connectivity index (χ4n) is 4.11. The van der Waals surface area contributed by atoms with E-state index in [9.17, 15) is 5.11 Å². The van der Waals surface area contributed by atoms with E-state index in [0.717, 1.165) is 50.1 Å². The molecule has 0 bridgehead atoms. The lowest BCUT2D eigenvalue weighted by Gasteiger charge is -2.42. The maximum atomic E-state index is 10.1. The number of fused-ring (bicyclic) bond motifs is 1. The normalized spacial score (nSPS) is 31.1. The van der Waals surface area contributed by atoms with Gasteiger partial charge in [-0.3, -0.25) is 4.90 Å². The van der Waals surface area contributed by atoms with Crippen molar-refractivity contribution in [1.82, 2.24) is 4.90 Å². The molecule has 3 atom stereocenters. The van der Waals surface area contributed by atoms with Gasteiger partial charge in [-0.2, -0.15) is 0 Å². The number of aliphatic hydroxyl groups excluding tert-OH is 2. The summed E-state index contributed by atoms with van der Waals surface area (Å²) in [6.07, 6.45) is 3.31. The molecule has 1 heterocycles. The first-order valence-corrected chi connectivity index (χ1v) is 8.47. The Labute approximate surface area is 137 Å². The average Bonchev–Trinajstić information content (AvgIpc) is 2.93. The van der Waals surface area contributed by atoms with Crippen LogP contribution in [0.4, 0.5) is 0 Å². The number of nitrogens with zero attached hydrogens (tertiary/aromatic N) is 1. The maximum Gasteiger partial charge on any atom is 0.123 e. The van der Waals surface area contributed by atoms with Gasteiger partial charge in [-0.05, 0) is 31.7 Å². The second kappa shape index (κ2) is 7.18. The van der Waals surface area contributed by atoms with Crippen molar-refractivity contribution in [1.29, 1.82) is 0 Å². The molecular weight excluding hydrogens is 294 g/mol. The number of benzene rings is 1.